The number of hydrogen-bond acceptors (Lipinski definition) is 4. The standard InChI is InChI=1S/C17H19F2N5O/c18-14-2-1-13(15(19)11-14)3-4-22-17(25)24-9-7-23(8-10-24)16-12-20-5-6-21-16/h1-2,5-6,11-12H,3-4,7-10H2,(H,22,25). The van der Waals surface area contributed by atoms with E-state index in [1.54, 1.807) is 23.5 Å². The van der Waals surface area contributed by atoms with Crippen molar-refractivity contribution in [2.75, 3.05) is 37.6 Å². The van der Waals surface area contributed by atoms with Crippen molar-refractivity contribution >= 4 is 11.8 Å². The number of hydrogen-bond donors (Lipinski definition) is 1. The Morgan fingerprint density at radius 3 is 2.64 bits per heavy atom. The van der Waals surface area contributed by atoms with E-state index < -0.39 is 11.6 Å². The Balaban J connectivity index is 1.43. The van der Waals surface area contributed by atoms with Crippen molar-refractivity contribution in [3.63, 3.8) is 0 Å². The zero-order valence-electron chi connectivity index (χ0n) is 13.7. The summed E-state index contributed by atoms with van der Waals surface area (Å²) in [5.41, 5.74) is 0.383. The number of amides is 2. The Bertz CT molecular complexity index is 720. The number of piperazine rings is 1. The topological polar surface area (TPSA) is 61.4 Å². The number of carbonyl (C=O) groups is 1. The van der Waals surface area contributed by atoms with Gasteiger partial charge in [-0.05, 0) is 18.1 Å². The summed E-state index contributed by atoms with van der Waals surface area (Å²) in [5.74, 6) is -0.396. The second-order valence-electron chi connectivity index (χ2n) is 5.76. The van der Waals surface area contributed by atoms with Crippen LogP contribution in [0.1, 0.15) is 5.56 Å². The molecule has 1 aromatic carbocycles. The predicted molar refractivity (Wildman–Crippen MR) is 89.3 cm³/mol. The van der Waals surface area contributed by atoms with Crippen LogP contribution in [0.3, 0.4) is 0 Å². The van der Waals surface area contributed by atoms with Crippen LogP contribution in [0.15, 0.2) is 36.8 Å². The summed E-state index contributed by atoms with van der Waals surface area (Å²) >= 11 is 0. The van der Waals surface area contributed by atoms with E-state index in [2.05, 4.69) is 20.2 Å². The molecule has 132 valence electrons. The Kier molecular flexibility index (Phi) is 5.37. The maximum absolute atomic E-state index is 13.6. The highest BCUT2D eigenvalue weighted by atomic mass is 19.1. The number of benzene rings is 1. The largest absolute Gasteiger partial charge is 0.352 e. The zero-order valence-corrected chi connectivity index (χ0v) is 13.7. The van der Waals surface area contributed by atoms with Crippen molar-refractivity contribution in [1.82, 2.24) is 20.2 Å². The van der Waals surface area contributed by atoms with E-state index in [-0.39, 0.29) is 6.03 Å². The molecule has 1 fully saturated rings. The van der Waals surface area contributed by atoms with E-state index in [9.17, 15) is 13.6 Å². The first-order valence-electron chi connectivity index (χ1n) is 8.11. The molecule has 0 spiro atoms. The summed E-state index contributed by atoms with van der Waals surface area (Å²) in [5, 5.41) is 2.78. The van der Waals surface area contributed by atoms with Crippen molar-refractivity contribution in [2.24, 2.45) is 0 Å². The minimum Gasteiger partial charge on any atom is -0.352 e. The van der Waals surface area contributed by atoms with Gasteiger partial charge in [0.2, 0.25) is 0 Å². The Morgan fingerprint density at radius 2 is 1.96 bits per heavy atom. The maximum atomic E-state index is 13.6. The summed E-state index contributed by atoms with van der Waals surface area (Å²) in [4.78, 5) is 24.3. The molecule has 1 aliphatic heterocycles. The molecule has 0 unspecified atom stereocenters. The predicted octanol–water partition coefficient (Wildman–Crippen LogP) is 1.83. The van der Waals surface area contributed by atoms with Gasteiger partial charge in [-0.1, -0.05) is 6.07 Å². The summed E-state index contributed by atoms with van der Waals surface area (Å²) in [6.07, 6.45) is 5.28. The number of halogens is 2. The number of rotatable bonds is 4. The molecule has 2 amide bonds. The van der Waals surface area contributed by atoms with Gasteiger partial charge in [0.1, 0.15) is 17.5 Å². The van der Waals surface area contributed by atoms with Crippen LogP contribution < -0.4 is 10.2 Å². The number of nitrogens with zero attached hydrogens (tertiary/aromatic N) is 4. The molecule has 2 heterocycles. The first kappa shape index (κ1) is 17.1. The molecule has 0 aliphatic carbocycles. The quantitative estimate of drug-likeness (QED) is 0.917. The lowest BCUT2D eigenvalue weighted by molar-refractivity contribution is 0.194. The van der Waals surface area contributed by atoms with Crippen molar-refractivity contribution < 1.29 is 13.6 Å². The van der Waals surface area contributed by atoms with Gasteiger partial charge >= 0.3 is 6.03 Å². The fourth-order valence-electron chi connectivity index (χ4n) is 2.73. The fourth-order valence-corrected chi connectivity index (χ4v) is 2.73. The molecule has 8 heteroatoms. The highest BCUT2D eigenvalue weighted by molar-refractivity contribution is 5.74. The van der Waals surface area contributed by atoms with Crippen molar-refractivity contribution in [3.05, 3.63) is 54.0 Å². The zero-order chi connectivity index (χ0) is 17.6. The molecular weight excluding hydrogens is 328 g/mol. The van der Waals surface area contributed by atoms with Gasteiger partial charge in [-0.25, -0.2) is 18.6 Å². The molecule has 0 saturated carbocycles. The van der Waals surface area contributed by atoms with Crippen LogP contribution in [0.5, 0.6) is 0 Å². The van der Waals surface area contributed by atoms with Gasteiger partial charge in [-0.3, -0.25) is 4.98 Å². The molecule has 1 saturated heterocycles. The summed E-state index contributed by atoms with van der Waals surface area (Å²) in [6, 6.07) is 3.28. The molecule has 2 aromatic rings. The normalized spacial score (nSPS) is 14.5. The average molecular weight is 347 g/mol. The van der Waals surface area contributed by atoms with Gasteiger partial charge in [0.05, 0.1) is 6.20 Å². The third-order valence-corrected chi connectivity index (χ3v) is 4.13. The van der Waals surface area contributed by atoms with E-state index in [1.165, 1.54) is 12.1 Å². The molecule has 1 aromatic heterocycles. The van der Waals surface area contributed by atoms with Crippen molar-refractivity contribution in [2.45, 2.75) is 6.42 Å². The van der Waals surface area contributed by atoms with Gasteiger partial charge in [0, 0.05) is 51.2 Å². The first-order valence-corrected chi connectivity index (χ1v) is 8.11. The maximum Gasteiger partial charge on any atom is 0.317 e. The highest BCUT2D eigenvalue weighted by Crippen LogP contribution is 2.12. The molecule has 0 atom stereocenters. The van der Waals surface area contributed by atoms with Gasteiger partial charge in [0.25, 0.3) is 0 Å². The molecule has 25 heavy (non-hydrogen) atoms. The third kappa shape index (κ3) is 4.40. The fraction of sp³-hybridized carbons (Fsp3) is 0.353. The number of carbonyl (C=O) groups excluding carboxylic acids is 1. The summed E-state index contributed by atoms with van der Waals surface area (Å²) in [7, 11) is 0. The van der Waals surface area contributed by atoms with Crippen molar-refractivity contribution in [3.8, 4) is 0 Å². The molecule has 6 nitrogen and oxygen atoms in total. The van der Waals surface area contributed by atoms with Gasteiger partial charge < -0.3 is 15.1 Å². The van der Waals surface area contributed by atoms with Gasteiger partial charge in [-0.2, -0.15) is 0 Å². The third-order valence-electron chi connectivity index (χ3n) is 4.13. The van der Waals surface area contributed by atoms with E-state index in [1.807, 2.05) is 0 Å². The minimum atomic E-state index is -0.605. The van der Waals surface area contributed by atoms with E-state index >= 15 is 0 Å². The van der Waals surface area contributed by atoms with Crippen LogP contribution in [-0.2, 0) is 6.42 Å². The van der Waals surface area contributed by atoms with E-state index in [0.717, 1.165) is 11.9 Å². The lowest BCUT2D eigenvalue weighted by Crippen LogP contribution is -2.52. The van der Waals surface area contributed by atoms with Crippen molar-refractivity contribution in [1.29, 1.82) is 0 Å². The van der Waals surface area contributed by atoms with Crippen LogP contribution in [0.2, 0.25) is 0 Å². The SMILES string of the molecule is O=C(NCCc1ccc(F)cc1F)N1CCN(c2cnccn2)CC1. The summed E-state index contributed by atoms with van der Waals surface area (Å²) < 4.78 is 26.4. The minimum absolute atomic E-state index is 0.179. The van der Waals surface area contributed by atoms with E-state index in [4.69, 9.17) is 0 Å². The molecule has 1 N–H and O–H groups in total. The second-order valence-corrected chi connectivity index (χ2v) is 5.76. The Hall–Kier alpha value is -2.77. The smallest absolute Gasteiger partial charge is 0.317 e. The monoisotopic (exact) mass is 347 g/mol. The molecule has 0 bridgehead atoms. The molecule has 0 radical (unpaired) electrons. The van der Waals surface area contributed by atoms with Gasteiger partial charge in [-0.15, -0.1) is 0 Å². The Morgan fingerprint density at radius 1 is 1.16 bits per heavy atom. The molecular formula is C17H19F2N5O. The average Bonchev–Trinajstić information content (AvgIpc) is 2.64. The molecule has 3 rings (SSSR count). The number of urea groups is 1. The van der Waals surface area contributed by atoms with Crippen LogP contribution in [-0.4, -0.2) is 53.6 Å². The lowest BCUT2D eigenvalue weighted by Gasteiger charge is -2.35. The summed E-state index contributed by atoms with van der Waals surface area (Å²) in [6.45, 7) is 2.81. The van der Waals surface area contributed by atoms with Crippen LogP contribution in [0, 0.1) is 11.6 Å². The van der Waals surface area contributed by atoms with Crippen LogP contribution in [0.25, 0.3) is 0 Å². The van der Waals surface area contributed by atoms with Crippen LogP contribution >= 0.6 is 0 Å². The highest BCUT2D eigenvalue weighted by Gasteiger charge is 2.21. The molecule has 1 aliphatic rings. The Labute approximate surface area is 144 Å². The number of aromatic nitrogens is 2. The number of nitrogens with one attached hydrogen (secondary N) is 1. The van der Waals surface area contributed by atoms with Gasteiger partial charge in [0.15, 0.2) is 0 Å². The second kappa shape index (κ2) is 7.87. The lowest BCUT2D eigenvalue weighted by atomic mass is 10.1. The van der Waals surface area contributed by atoms with E-state index in [0.29, 0.717) is 44.7 Å². The van der Waals surface area contributed by atoms with Crippen LogP contribution in [0.4, 0.5) is 19.4 Å². The first-order chi connectivity index (χ1) is 12.1. The number of anilines is 1.